The van der Waals surface area contributed by atoms with Gasteiger partial charge in [-0.3, -0.25) is 0 Å². The van der Waals surface area contributed by atoms with Crippen LogP contribution in [0.15, 0.2) is 6.07 Å². The molecule has 2 N–H and O–H groups in total. The van der Waals surface area contributed by atoms with E-state index < -0.39 is 35.5 Å². The third kappa shape index (κ3) is 2.31. The second-order valence-electron chi connectivity index (χ2n) is 2.59. The number of nitrogens with two attached hydrogens (primary N) is 1. The van der Waals surface area contributed by atoms with E-state index in [1.807, 2.05) is 0 Å². The number of nitrogens with zero attached hydrogens (tertiary/aromatic N) is 1. The summed E-state index contributed by atoms with van der Waals surface area (Å²) in [5, 5.41) is 0. The van der Waals surface area contributed by atoms with Gasteiger partial charge in [0.2, 0.25) is 0 Å². The zero-order chi connectivity index (χ0) is 11.8. The predicted molar refractivity (Wildman–Crippen MR) is 38.6 cm³/mol. The van der Waals surface area contributed by atoms with E-state index in [9.17, 15) is 26.3 Å². The maximum atomic E-state index is 12.8. The van der Waals surface area contributed by atoms with E-state index in [2.05, 4.69) is 4.98 Å². The average molecular weight is 230 g/mol. The van der Waals surface area contributed by atoms with Crippen molar-refractivity contribution in [3.63, 3.8) is 0 Å². The smallest absolute Gasteiger partial charge is 0.381 e. The molecule has 0 amide bonds. The molecule has 8 heteroatoms. The third-order valence-electron chi connectivity index (χ3n) is 1.53. The molecule has 2 nitrogen and oxygen atoms in total. The van der Waals surface area contributed by atoms with Gasteiger partial charge in [0, 0.05) is 0 Å². The number of pyridine rings is 1. The van der Waals surface area contributed by atoms with Crippen molar-refractivity contribution < 1.29 is 26.3 Å². The first kappa shape index (κ1) is 11.6. The summed E-state index contributed by atoms with van der Waals surface area (Å²) in [6.45, 7) is 0. The molecule has 0 aliphatic carbocycles. The molecule has 0 atom stereocenters. The molecule has 0 unspecified atom stereocenters. The lowest BCUT2D eigenvalue weighted by molar-refractivity contribution is -0.140. The lowest BCUT2D eigenvalue weighted by Crippen LogP contribution is -2.13. The molecule has 1 aromatic heterocycles. The fourth-order valence-electron chi connectivity index (χ4n) is 0.888. The molecule has 1 aromatic rings. The van der Waals surface area contributed by atoms with Gasteiger partial charge in [0.15, 0.2) is 11.6 Å². The van der Waals surface area contributed by atoms with Gasteiger partial charge in [-0.15, -0.1) is 0 Å². The van der Waals surface area contributed by atoms with Crippen LogP contribution in [0.3, 0.4) is 0 Å². The number of hydrogen-bond acceptors (Lipinski definition) is 2. The van der Waals surface area contributed by atoms with E-state index >= 15 is 0 Å². The molecule has 0 saturated heterocycles. The predicted octanol–water partition coefficient (Wildman–Crippen LogP) is 2.76. The molecule has 0 fully saturated rings. The van der Waals surface area contributed by atoms with Crippen LogP contribution in [0.25, 0.3) is 0 Å². The van der Waals surface area contributed by atoms with Gasteiger partial charge < -0.3 is 5.73 Å². The topological polar surface area (TPSA) is 38.9 Å². The molecular weight excluding hydrogens is 226 g/mol. The SMILES string of the molecule is Nc1nc(C(F)F)cc(C(F)(F)F)c1F. The Morgan fingerprint density at radius 3 is 2.20 bits per heavy atom. The minimum Gasteiger partial charge on any atom is -0.381 e. The summed E-state index contributed by atoms with van der Waals surface area (Å²) < 4.78 is 73.2. The number of hydrogen-bond donors (Lipinski definition) is 1. The van der Waals surface area contributed by atoms with Crippen LogP contribution < -0.4 is 5.73 Å². The Morgan fingerprint density at radius 1 is 1.27 bits per heavy atom. The molecule has 0 aliphatic rings. The number of alkyl halides is 5. The van der Waals surface area contributed by atoms with Gasteiger partial charge in [0.05, 0.1) is 5.56 Å². The minimum atomic E-state index is -5.08. The maximum absolute atomic E-state index is 12.8. The number of anilines is 1. The highest BCUT2D eigenvalue weighted by Gasteiger charge is 2.36. The van der Waals surface area contributed by atoms with Gasteiger partial charge in [-0.25, -0.2) is 18.2 Å². The van der Waals surface area contributed by atoms with Crippen LogP contribution in [-0.4, -0.2) is 4.98 Å². The van der Waals surface area contributed by atoms with Crippen LogP contribution in [0.1, 0.15) is 17.7 Å². The van der Waals surface area contributed by atoms with E-state index in [4.69, 9.17) is 5.73 Å². The van der Waals surface area contributed by atoms with Crippen molar-refractivity contribution in [2.75, 3.05) is 5.73 Å². The van der Waals surface area contributed by atoms with Crippen molar-refractivity contribution in [2.45, 2.75) is 12.6 Å². The summed E-state index contributed by atoms with van der Waals surface area (Å²) in [5.74, 6) is -3.04. The largest absolute Gasteiger partial charge is 0.419 e. The van der Waals surface area contributed by atoms with Gasteiger partial charge >= 0.3 is 6.18 Å². The van der Waals surface area contributed by atoms with Gasteiger partial charge in [0.25, 0.3) is 6.43 Å². The highest BCUT2D eigenvalue weighted by atomic mass is 19.4. The van der Waals surface area contributed by atoms with Crippen molar-refractivity contribution in [1.29, 1.82) is 0 Å². The summed E-state index contributed by atoms with van der Waals surface area (Å²) in [5.41, 5.74) is 1.69. The monoisotopic (exact) mass is 230 g/mol. The summed E-state index contributed by atoms with van der Waals surface area (Å²) in [4.78, 5) is 2.80. The minimum absolute atomic E-state index is 0.0592. The Bertz CT molecular complexity index is 372. The van der Waals surface area contributed by atoms with Crippen LogP contribution in [0.4, 0.5) is 32.2 Å². The van der Waals surface area contributed by atoms with Crippen molar-refractivity contribution in [3.05, 3.63) is 23.1 Å². The average Bonchev–Trinajstić information content (AvgIpc) is 2.06. The number of aromatic nitrogens is 1. The Balaban J connectivity index is 3.38. The molecular formula is C7H4F6N2. The van der Waals surface area contributed by atoms with Gasteiger partial charge in [-0.05, 0) is 6.07 Å². The fourth-order valence-corrected chi connectivity index (χ4v) is 0.888. The highest BCUT2D eigenvalue weighted by Crippen LogP contribution is 2.34. The van der Waals surface area contributed by atoms with Gasteiger partial charge in [-0.2, -0.15) is 13.2 Å². The molecule has 1 heterocycles. The molecule has 0 saturated carbocycles. The normalized spacial score (nSPS) is 12.2. The summed E-state index contributed by atoms with van der Waals surface area (Å²) in [7, 11) is 0. The van der Waals surface area contributed by atoms with E-state index in [-0.39, 0.29) is 6.07 Å². The zero-order valence-corrected chi connectivity index (χ0v) is 6.95. The molecule has 1 rings (SSSR count). The van der Waals surface area contributed by atoms with E-state index in [1.54, 1.807) is 0 Å². The second kappa shape index (κ2) is 3.59. The molecule has 0 radical (unpaired) electrons. The van der Waals surface area contributed by atoms with Crippen LogP contribution in [0.5, 0.6) is 0 Å². The second-order valence-corrected chi connectivity index (χ2v) is 2.59. The van der Waals surface area contributed by atoms with E-state index in [0.29, 0.717) is 0 Å². The zero-order valence-electron chi connectivity index (χ0n) is 6.95. The van der Waals surface area contributed by atoms with Crippen LogP contribution in [-0.2, 0) is 6.18 Å². The van der Waals surface area contributed by atoms with Crippen LogP contribution in [0.2, 0.25) is 0 Å². The number of halogens is 6. The lowest BCUT2D eigenvalue weighted by Gasteiger charge is -2.10. The Hall–Kier alpha value is -1.47. The van der Waals surface area contributed by atoms with Gasteiger partial charge in [-0.1, -0.05) is 0 Å². The van der Waals surface area contributed by atoms with E-state index in [1.165, 1.54) is 0 Å². The number of nitrogen functional groups attached to an aromatic ring is 1. The third-order valence-corrected chi connectivity index (χ3v) is 1.53. The molecule has 0 spiro atoms. The quantitative estimate of drug-likeness (QED) is 0.753. The van der Waals surface area contributed by atoms with Crippen LogP contribution in [0, 0.1) is 5.82 Å². The molecule has 0 aliphatic heterocycles. The van der Waals surface area contributed by atoms with Crippen molar-refractivity contribution in [2.24, 2.45) is 0 Å². The molecule has 15 heavy (non-hydrogen) atoms. The summed E-state index contributed by atoms with van der Waals surface area (Å²) in [6, 6.07) is -0.0592. The van der Waals surface area contributed by atoms with E-state index in [0.717, 1.165) is 0 Å². The fraction of sp³-hybridized carbons (Fsp3) is 0.286. The Morgan fingerprint density at radius 2 is 1.80 bits per heavy atom. The Kier molecular flexibility index (Phi) is 2.78. The Labute approximate surface area is 79.7 Å². The molecule has 0 bridgehead atoms. The van der Waals surface area contributed by atoms with Crippen molar-refractivity contribution in [1.82, 2.24) is 4.98 Å². The standard InChI is InChI=1S/C7H4F6N2/c8-4-2(7(11,12)13)1-3(5(9)10)15-6(4)14/h1,5H,(H2,14,15). The first-order chi connectivity index (χ1) is 6.73. The lowest BCUT2D eigenvalue weighted by atomic mass is 10.2. The number of rotatable bonds is 1. The van der Waals surface area contributed by atoms with Gasteiger partial charge in [0.1, 0.15) is 5.69 Å². The first-order valence-electron chi connectivity index (χ1n) is 3.54. The molecule has 0 aromatic carbocycles. The first-order valence-corrected chi connectivity index (χ1v) is 3.54. The van der Waals surface area contributed by atoms with Crippen LogP contribution >= 0.6 is 0 Å². The summed E-state index contributed by atoms with van der Waals surface area (Å²) in [6.07, 6.45) is -8.32. The molecule has 84 valence electrons. The van der Waals surface area contributed by atoms with Crippen molar-refractivity contribution >= 4 is 5.82 Å². The highest BCUT2D eigenvalue weighted by molar-refractivity contribution is 5.39. The summed E-state index contributed by atoms with van der Waals surface area (Å²) >= 11 is 0. The maximum Gasteiger partial charge on any atom is 0.419 e. The van der Waals surface area contributed by atoms with Crippen molar-refractivity contribution in [3.8, 4) is 0 Å².